The van der Waals surface area contributed by atoms with Crippen LogP contribution in [0.1, 0.15) is 95.7 Å². The molecule has 3 aromatic carbocycles. The van der Waals surface area contributed by atoms with E-state index in [1.807, 2.05) is 64.2 Å². The van der Waals surface area contributed by atoms with Gasteiger partial charge in [0.05, 0.1) is 11.1 Å². The van der Waals surface area contributed by atoms with Gasteiger partial charge in [-0.3, -0.25) is 48.6 Å². The number of nitrogens with one attached hydrogen (secondary N) is 2. The minimum absolute atomic E-state index is 0.126. The molecule has 10 rings (SSSR count). The molecule has 14 nitrogen and oxygen atoms in total. The summed E-state index contributed by atoms with van der Waals surface area (Å²) in [4.78, 5) is 77.6. The minimum Gasteiger partial charge on any atom is -0.388 e. The maximum absolute atomic E-state index is 16.1. The van der Waals surface area contributed by atoms with E-state index in [1.165, 1.54) is 11.6 Å². The standard InChI is InChI=1S/C56H60FN9O5/c1-34-27-39(29-45(57)51(34)38-18-24-64(25-19-38)33-42-31-43-46(15-21-59-52(43)61(42)5)65-26-20-40(58-4)30-50(65)68)54(70)62(6)41-10-8-36(9-11-41)37-16-22-63(23-17-37)32-35-7-12-47-44(28-35)56(2,3)55(71)66(47)48-13-14-49(67)60-53(48)69/h7-12,15,18,20-21,26-31,37,48,58H,13-14,16-17,19,22-25,32-33H2,1-6H3,(H,60,67,69). The van der Waals surface area contributed by atoms with Crippen molar-refractivity contribution in [3.8, 4) is 5.69 Å². The van der Waals surface area contributed by atoms with Crippen molar-refractivity contribution in [3.63, 3.8) is 0 Å². The average molecular weight is 958 g/mol. The first-order valence-electron chi connectivity index (χ1n) is 24.6. The number of halogens is 1. The van der Waals surface area contributed by atoms with E-state index in [0.29, 0.717) is 43.0 Å². The Kier molecular flexibility index (Phi) is 12.6. The molecule has 2 saturated heterocycles. The van der Waals surface area contributed by atoms with Crippen LogP contribution in [-0.4, -0.2) is 93.9 Å². The van der Waals surface area contributed by atoms with Gasteiger partial charge in [-0.25, -0.2) is 9.37 Å². The number of imide groups is 1. The molecule has 2 fully saturated rings. The summed E-state index contributed by atoms with van der Waals surface area (Å²) in [6.45, 7) is 10.3. The van der Waals surface area contributed by atoms with E-state index in [-0.39, 0.29) is 29.7 Å². The van der Waals surface area contributed by atoms with Gasteiger partial charge in [0.15, 0.2) is 0 Å². The Morgan fingerprint density at radius 3 is 2.35 bits per heavy atom. The smallest absolute Gasteiger partial charge is 0.258 e. The summed E-state index contributed by atoms with van der Waals surface area (Å²) in [5.41, 5.74) is 9.67. The summed E-state index contributed by atoms with van der Waals surface area (Å²) in [6, 6.07) is 24.1. The van der Waals surface area contributed by atoms with Gasteiger partial charge in [-0.15, -0.1) is 0 Å². The Morgan fingerprint density at radius 1 is 0.887 bits per heavy atom. The molecule has 0 radical (unpaired) electrons. The molecule has 4 aliphatic heterocycles. The van der Waals surface area contributed by atoms with Crippen molar-refractivity contribution in [3.05, 3.63) is 153 Å². The number of nitrogens with zero attached hydrogens (tertiary/aromatic N) is 7. The summed E-state index contributed by atoms with van der Waals surface area (Å²) in [5, 5.41) is 6.30. The molecule has 15 heteroatoms. The first-order valence-corrected chi connectivity index (χ1v) is 24.6. The van der Waals surface area contributed by atoms with Crippen molar-refractivity contribution in [2.24, 2.45) is 7.05 Å². The van der Waals surface area contributed by atoms with Crippen LogP contribution in [0.3, 0.4) is 0 Å². The van der Waals surface area contributed by atoms with E-state index >= 15 is 4.39 Å². The largest absolute Gasteiger partial charge is 0.388 e. The Labute approximate surface area is 412 Å². The highest BCUT2D eigenvalue weighted by Crippen LogP contribution is 2.44. The topological polar surface area (TPSA) is 145 Å². The maximum atomic E-state index is 16.1. The van der Waals surface area contributed by atoms with Gasteiger partial charge in [-0.2, -0.15) is 0 Å². The zero-order valence-corrected chi connectivity index (χ0v) is 41.2. The molecule has 0 aliphatic carbocycles. The number of hydrogen-bond acceptors (Lipinski definition) is 9. The minimum atomic E-state index is -0.790. The second kappa shape index (κ2) is 18.8. The third kappa shape index (κ3) is 8.86. The fraction of sp³-hybridized carbons (Fsp3) is 0.357. The van der Waals surface area contributed by atoms with E-state index in [4.69, 9.17) is 0 Å². The van der Waals surface area contributed by atoms with E-state index in [1.54, 1.807) is 53.0 Å². The summed E-state index contributed by atoms with van der Waals surface area (Å²) >= 11 is 0. The normalized spacial score (nSPS) is 18.7. The number of benzene rings is 3. The van der Waals surface area contributed by atoms with Crippen LogP contribution in [-0.2, 0) is 39.9 Å². The molecule has 2 N–H and O–H groups in total. The van der Waals surface area contributed by atoms with E-state index in [9.17, 15) is 24.0 Å². The van der Waals surface area contributed by atoms with Gasteiger partial charge in [-0.1, -0.05) is 30.3 Å². The molecule has 4 aliphatic rings. The Bertz CT molecular complexity index is 3200. The van der Waals surface area contributed by atoms with Crippen LogP contribution in [0.2, 0.25) is 0 Å². The first kappa shape index (κ1) is 47.4. The average Bonchev–Trinajstić information content (AvgIpc) is 3.78. The number of hydrogen-bond donors (Lipinski definition) is 2. The molecule has 366 valence electrons. The van der Waals surface area contributed by atoms with Gasteiger partial charge >= 0.3 is 0 Å². The lowest BCUT2D eigenvalue weighted by Gasteiger charge is -2.32. The van der Waals surface area contributed by atoms with Gasteiger partial charge in [0.1, 0.15) is 17.5 Å². The highest BCUT2D eigenvalue weighted by atomic mass is 19.1. The lowest BCUT2D eigenvalue weighted by molar-refractivity contribution is -0.136. The molecule has 4 amide bonds. The quantitative estimate of drug-likeness (QED) is 0.126. The third-order valence-electron chi connectivity index (χ3n) is 15.3. The summed E-state index contributed by atoms with van der Waals surface area (Å²) < 4.78 is 19.8. The molecule has 6 aromatic rings. The number of anilines is 3. The maximum Gasteiger partial charge on any atom is 0.258 e. The summed E-state index contributed by atoms with van der Waals surface area (Å²) in [7, 11) is 5.50. The molecular weight excluding hydrogens is 898 g/mol. The Morgan fingerprint density at radius 2 is 1.66 bits per heavy atom. The molecule has 0 bridgehead atoms. The van der Waals surface area contributed by atoms with Crippen LogP contribution in [0.4, 0.5) is 21.5 Å². The number of carbonyl (C=O) groups is 4. The molecule has 1 unspecified atom stereocenters. The van der Waals surface area contributed by atoms with Crippen LogP contribution in [0.25, 0.3) is 22.3 Å². The van der Waals surface area contributed by atoms with E-state index in [0.717, 1.165) is 101 Å². The number of rotatable bonds is 11. The van der Waals surface area contributed by atoms with Crippen molar-refractivity contribution in [2.75, 3.05) is 55.4 Å². The molecule has 71 heavy (non-hydrogen) atoms. The van der Waals surface area contributed by atoms with Gasteiger partial charge in [0.2, 0.25) is 17.7 Å². The van der Waals surface area contributed by atoms with Crippen LogP contribution < -0.4 is 26.0 Å². The van der Waals surface area contributed by atoms with Gasteiger partial charge in [0.25, 0.3) is 11.5 Å². The lowest BCUT2D eigenvalue weighted by Crippen LogP contribution is -2.55. The van der Waals surface area contributed by atoms with E-state index in [2.05, 4.69) is 60.3 Å². The fourth-order valence-electron chi connectivity index (χ4n) is 11.2. The molecule has 0 spiro atoms. The highest BCUT2D eigenvalue weighted by Gasteiger charge is 2.49. The predicted molar refractivity (Wildman–Crippen MR) is 274 cm³/mol. The molecule has 3 aromatic heterocycles. The zero-order valence-electron chi connectivity index (χ0n) is 41.2. The Balaban J connectivity index is 0.742. The number of aromatic nitrogens is 3. The van der Waals surface area contributed by atoms with Crippen molar-refractivity contribution in [1.29, 1.82) is 0 Å². The molecule has 7 heterocycles. The van der Waals surface area contributed by atoms with E-state index < -0.39 is 23.2 Å². The van der Waals surface area contributed by atoms with Crippen molar-refractivity contribution in [2.45, 2.75) is 83.3 Å². The first-order chi connectivity index (χ1) is 34.1. The summed E-state index contributed by atoms with van der Waals surface area (Å²) in [6.07, 6.45) is 8.72. The van der Waals surface area contributed by atoms with Gasteiger partial charge < -0.3 is 14.8 Å². The van der Waals surface area contributed by atoms with Gasteiger partial charge in [-0.05, 0) is 142 Å². The number of likely N-dealkylation sites (tertiary alicyclic amines) is 1. The van der Waals surface area contributed by atoms with Crippen LogP contribution in [0, 0.1) is 12.7 Å². The SMILES string of the molecule is CNc1ccn(-c2ccnc3c2cc(CN2CC=C(c4c(C)cc(C(=O)N(C)c5ccc(C6CCN(Cc7ccc8c(c7)C(C)(C)C(=O)N8C7CCC(=O)NC7=O)CC6)cc5)cc4F)CC2)n3C)c(=O)c1. The van der Waals surface area contributed by atoms with Crippen molar-refractivity contribution in [1.82, 2.24) is 29.2 Å². The number of piperidine rings is 2. The highest BCUT2D eigenvalue weighted by molar-refractivity contribution is 6.13. The van der Waals surface area contributed by atoms with Crippen LogP contribution in [0.5, 0.6) is 0 Å². The summed E-state index contributed by atoms with van der Waals surface area (Å²) in [5.74, 6) is -1.16. The van der Waals surface area contributed by atoms with Crippen LogP contribution >= 0.6 is 0 Å². The number of carbonyl (C=O) groups excluding carboxylic acids is 4. The molecular formula is C56H60FN9O5. The number of aryl methyl sites for hydroxylation is 2. The monoisotopic (exact) mass is 957 g/mol. The van der Waals surface area contributed by atoms with Crippen LogP contribution in [0.15, 0.2) is 102 Å². The Hall–Kier alpha value is -7.23. The lowest BCUT2D eigenvalue weighted by atomic mass is 9.85. The number of amides is 4. The van der Waals surface area contributed by atoms with Crippen molar-refractivity contribution < 1.29 is 23.6 Å². The predicted octanol–water partition coefficient (Wildman–Crippen LogP) is 7.59. The van der Waals surface area contributed by atoms with Crippen molar-refractivity contribution >= 4 is 57.3 Å². The second-order valence-electron chi connectivity index (χ2n) is 20.1. The molecule has 0 saturated carbocycles. The molecule has 1 atom stereocenters. The van der Waals surface area contributed by atoms with Gasteiger partial charge in [0, 0.05) is 111 Å². The number of pyridine rings is 2. The third-order valence-corrected chi connectivity index (χ3v) is 15.3. The number of fused-ring (bicyclic) bond motifs is 2. The zero-order chi connectivity index (χ0) is 49.9. The fourth-order valence-corrected chi connectivity index (χ4v) is 11.2. The second-order valence-corrected chi connectivity index (χ2v) is 20.1.